The average molecular weight is 533 g/mol. The van der Waals surface area contributed by atoms with Crippen LogP contribution in [0.4, 0.5) is 0 Å². The lowest BCUT2D eigenvalue weighted by Gasteiger charge is -2.45. The number of hydrogen-bond donors (Lipinski definition) is 0. The Labute approximate surface area is 236 Å². The topological polar surface area (TPSA) is 58.0 Å². The van der Waals surface area contributed by atoms with Gasteiger partial charge in [0.15, 0.2) is 12.0 Å². The number of piperidine rings is 1. The molecule has 6 nitrogen and oxygen atoms in total. The van der Waals surface area contributed by atoms with Gasteiger partial charge < -0.3 is 9.64 Å². The third-order valence-electron chi connectivity index (χ3n) is 10.5. The maximum Gasteiger partial charge on any atom is 0.229 e. The summed E-state index contributed by atoms with van der Waals surface area (Å²) in [6.07, 6.45) is 5.72. The first kappa shape index (κ1) is 24.4. The van der Waals surface area contributed by atoms with Gasteiger partial charge in [0.25, 0.3) is 0 Å². The molecule has 3 aromatic rings. The number of aromatic nitrogens is 1. The lowest BCUT2D eigenvalue weighted by molar-refractivity contribution is -0.159. The average Bonchev–Trinajstić information content (AvgIpc) is 3.58. The molecule has 3 fully saturated rings. The van der Waals surface area contributed by atoms with E-state index >= 15 is 0 Å². The summed E-state index contributed by atoms with van der Waals surface area (Å²) in [7, 11) is 0. The number of pyridine rings is 1. The van der Waals surface area contributed by atoms with Gasteiger partial charge >= 0.3 is 0 Å². The Morgan fingerprint density at radius 3 is 2.52 bits per heavy atom. The van der Waals surface area contributed by atoms with Crippen LogP contribution in [-0.2, 0) is 22.5 Å². The van der Waals surface area contributed by atoms with E-state index in [0.29, 0.717) is 6.42 Å². The van der Waals surface area contributed by atoms with E-state index in [1.807, 2.05) is 18.2 Å². The Bertz CT molecular complexity index is 1470. The molecular formula is C34H36N4O2. The molecule has 1 saturated carbocycles. The second kappa shape index (κ2) is 9.08. The van der Waals surface area contributed by atoms with Crippen molar-refractivity contribution in [2.75, 3.05) is 13.1 Å². The van der Waals surface area contributed by atoms with Gasteiger partial charge in [-0.05, 0) is 65.8 Å². The molecule has 4 heterocycles. The fourth-order valence-corrected chi connectivity index (χ4v) is 8.55. The van der Waals surface area contributed by atoms with E-state index in [9.17, 15) is 4.79 Å². The Morgan fingerprint density at radius 2 is 1.73 bits per heavy atom. The first-order valence-corrected chi connectivity index (χ1v) is 14.9. The molecule has 1 spiro atoms. The van der Waals surface area contributed by atoms with Crippen LogP contribution < -0.4 is 0 Å². The number of aliphatic imine (C=N–C) groups is 1. The van der Waals surface area contributed by atoms with Crippen LogP contribution in [0.5, 0.6) is 0 Å². The van der Waals surface area contributed by atoms with Crippen LogP contribution in [0.2, 0.25) is 0 Å². The Hall–Kier alpha value is -3.35. The van der Waals surface area contributed by atoms with Crippen molar-refractivity contribution < 1.29 is 9.53 Å². The third-order valence-corrected chi connectivity index (χ3v) is 10.5. The van der Waals surface area contributed by atoms with Gasteiger partial charge in [0, 0.05) is 44.2 Å². The van der Waals surface area contributed by atoms with Gasteiger partial charge in [-0.3, -0.25) is 19.7 Å². The first-order chi connectivity index (χ1) is 19.5. The molecule has 1 aromatic heterocycles. The largest absolute Gasteiger partial charge is 0.319 e. The van der Waals surface area contributed by atoms with Crippen LogP contribution in [0.25, 0.3) is 0 Å². The number of fused-ring (bicyclic) bond motifs is 5. The highest BCUT2D eigenvalue weighted by Gasteiger charge is 2.68. The molecule has 2 aliphatic carbocycles. The summed E-state index contributed by atoms with van der Waals surface area (Å²) in [4.78, 5) is 29.2. The van der Waals surface area contributed by atoms with E-state index in [2.05, 4.69) is 76.3 Å². The molecule has 3 aliphatic heterocycles. The van der Waals surface area contributed by atoms with Gasteiger partial charge in [-0.25, -0.2) is 0 Å². The van der Waals surface area contributed by atoms with E-state index in [-0.39, 0.29) is 29.2 Å². The highest BCUT2D eigenvalue weighted by Crippen LogP contribution is 2.63. The van der Waals surface area contributed by atoms with E-state index < -0.39 is 12.0 Å². The molecule has 0 N–H and O–H groups in total. The summed E-state index contributed by atoms with van der Waals surface area (Å²) in [5, 5.41) is 0. The number of carbonyl (C=O) groups is 1. The number of rotatable bonds is 4. The van der Waals surface area contributed by atoms with Crippen LogP contribution in [0.15, 0.2) is 84.0 Å². The molecule has 2 bridgehead atoms. The van der Waals surface area contributed by atoms with Crippen LogP contribution in [0, 0.1) is 11.3 Å². The van der Waals surface area contributed by atoms with Crippen LogP contribution in [0.3, 0.4) is 0 Å². The molecule has 1 unspecified atom stereocenters. The van der Waals surface area contributed by atoms with Gasteiger partial charge in [0.2, 0.25) is 5.91 Å². The molecular weight excluding hydrogens is 496 g/mol. The number of carbonyl (C=O) groups excluding carboxylic acids is 1. The summed E-state index contributed by atoms with van der Waals surface area (Å²) in [6.45, 7) is 5.27. The number of amides is 1. The standard InChI is InChI=1S/C34H36N4O2/c1-33-20-24-11-5-6-12-26(24)27(33)19-30-34(40-31(36-30)29-13-7-8-16-35-29)21-28(33)32(39)38(34)25-14-17-37(18-15-25)22-23-9-3-2-4-10-23/h2-13,16,25,27-28,31H,14-15,17-22H2,1H3/t27?,28-,31-,33+,34+/m1/s1. The molecule has 8 rings (SSSR count). The minimum Gasteiger partial charge on any atom is -0.319 e. The Balaban J connectivity index is 1.14. The first-order valence-electron chi connectivity index (χ1n) is 14.9. The fourth-order valence-electron chi connectivity index (χ4n) is 8.55. The van der Waals surface area contributed by atoms with E-state index in [1.54, 1.807) is 6.20 Å². The van der Waals surface area contributed by atoms with Gasteiger partial charge in [0.05, 0.1) is 11.4 Å². The zero-order chi connectivity index (χ0) is 26.9. The molecule has 6 heteroatoms. The lowest BCUT2D eigenvalue weighted by Crippen LogP contribution is -2.59. The van der Waals surface area contributed by atoms with Gasteiger partial charge in [0.1, 0.15) is 0 Å². The molecule has 1 amide bonds. The zero-order valence-electron chi connectivity index (χ0n) is 23.1. The SMILES string of the molecule is C[C@]12Cc3ccccc3C1CC1=N[C@@H](c3ccccn3)O[C@@]13C[C@@H]2C(=O)N3C1CCN(Cc2ccccc2)CC1. The molecule has 5 aliphatic rings. The lowest BCUT2D eigenvalue weighted by atomic mass is 9.67. The Kier molecular flexibility index (Phi) is 5.55. The Morgan fingerprint density at radius 1 is 0.950 bits per heavy atom. The van der Waals surface area contributed by atoms with Gasteiger partial charge in [-0.2, -0.15) is 0 Å². The summed E-state index contributed by atoms with van der Waals surface area (Å²) in [6, 6.07) is 25.6. The van der Waals surface area contributed by atoms with Crippen molar-refractivity contribution in [3.05, 3.63) is 101 Å². The molecule has 5 atom stereocenters. The number of ether oxygens (including phenoxy) is 1. The van der Waals surface area contributed by atoms with E-state index in [1.165, 1.54) is 16.7 Å². The number of benzene rings is 2. The normalized spacial score (nSPS) is 33.3. The predicted molar refractivity (Wildman–Crippen MR) is 154 cm³/mol. The van der Waals surface area contributed by atoms with Crippen molar-refractivity contribution in [1.29, 1.82) is 0 Å². The molecule has 204 valence electrons. The van der Waals surface area contributed by atoms with Crippen LogP contribution in [0.1, 0.15) is 67.1 Å². The van der Waals surface area contributed by atoms with Crippen molar-refractivity contribution in [3.63, 3.8) is 0 Å². The van der Waals surface area contributed by atoms with E-state index in [4.69, 9.17) is 9.73 Å². The van der Waals surface area contributed by atoms with E-state index in [0.717, 1.165) is 56.7 Å². The second-order valence-electron chi connectivity index (χ2n) is 12.7. The van der Waals surface area contributed by atoms with Gasteiger partial charge in [-0.15, -0.1) is 0 Å². The van der Waals surface area contributed by atoms with Crippen molar-refractivity contribution in [2.45, 2.75) is 69.5 Å². The highest BCUT2D eigenvalue weighted by molar-refractivity contribution is 6.02. The third kappa shape index (κ3) is 3.58. The quantitative estimate of drug-likeness (QED) is 0.445. The number of likely N-dealkylation sites (tertiary alicyclic amines) is 2. The minimum absolute atomic E-state index is 0.0811. The monoisotopic (exact) mass is 532 g/mol. The van der Waals surface area contributed by atoms with Crippen molar-refractivity contribution in [3.8, 4) is 0 Å². The summed E-state index contributed by atoms with van der Waals surface area (Å²) >= 11 is 0. The van der Waals surface area contributed by atoms with Crippen LogP contribution >= 0.6 is 0 Å². The second-order valence-corrected chi connectivity index (χ2v) is 12.7. The summed E-state index contributed by atoms with van der Waals surface area (Å²) < 4.78 is 6.99. The van der Waals surface area contributed by atoms with Crippen molar-refractivity contribution in [1.82, 2.24) is 14.8 Å². The zero-order valence-corrected chi connectivity index (χ0v) is 23.1. The maximum absolute atomic E-state index is 14.7. The number of hydrogen-bond acceptors (Lipinski definition) is 5. The van der Waals surface area contributed by atoms with Crippen molar-refractivity contribution in [2.24, 2.45) is 16.3 Å². The van der Waals surface area contributed by atoms with Crippen LogP contribution in [-0.4, -0.2) is 51.3 Å². The summed E-state index contributed by atoms with van der Waals surface area (Å²) in [5.41, 5.74) is 5.10. The molecule has 0 radical (unpaired) electrons. The van der Waals surface area contributed by atoms with Crippen molar-refractivity contribution >= 4 is 11.6 Å². The summed E-state index contributed by atoms with van der Waals surface area (Å²) in [5.74, 6) is 0.470. The molecule has 2 saturated heterocycles. The number of nitrogens with zero attached hydrogens (tertiary/aromatic N) is 4. The highest BCUT2D eigenvalue weighted by atomic mass is 16.6. The van der Waals surface area contributed by atoms with Gasteiger partial charge in [-0.1, -0.05) is 67.6 Å². The predicted octanol–water partition coefficient (Wildman–Crippen LogP) is 5.51. The fraction of sp³-hybridized carbons (Fsp3) is 0.441. The molecule has 40 heavy (non-hydrogen) atoms. The molecule has 2 aromatic carbocycles. The maximum atomic E-state index is 14.7. The minimum atomic E-state index is -0.765. The smallest absolute Gasteiger partial charge is 0.229 e.